The number of carbonyl (C=O) groups is 1. The van der Waals surface area contributed by atoms with Crippen LogP contribution >= 0.6 is 0 Å². The van der Waals surface area contributed by atoms with Gasteiger partial charge < -0.3 is 15.0 Å². The summed E-state index contributed by atoms with van der Waals surface area (Å²) in [4.78, 5) is 15.7. The monoisotopic (exact) mass is 351 g/mol. The summed E-state index contributed by atoms with van der Waals surface area (Å²) in [6, 6.07) is 7.07. The summed E-state index contributed by atoms with van der Waals surface area (Å²) in [6.07, 6.45) is 1.78. The molecule has 0 radical (unpaired) electrons. The summed E-state index contributed by atoms with van der Waals surface area (Å²) in [5.41, 5.74) is 1.31. The number of nitrogens with zero attached hydrogens (tertiary/aromatic N) is 1. The number of aromatic amines is 1. The van der Waals surface area contributed by atoms with E-state index in [1.807, 2.05) is 18.2 Å². The number of para-hydroxylation sites is 1. The second-order valence-electron chi connectivity index (χ2n) is 6.19. The molecule has 0 bridgehead atoms. The molecule has 1 aliphatic rings. The fourth-order valence-corrected chi connectivity index (χ4v) is 4.03. The van der Waals surface area contributed by atoms with Crippen LogP contribution in [0.2, 0.25) is 0 Å². The van der Waals surface area contributed by atoms with Crippen molar-refractivity contribution in [1.82, 2.24) is 14.6 Å². The molecule has 2 aromatic rings. The Bertz CT molecular complexity index is 844. The van der Waals surface area contributed by atoms with Crippen LogP contribution in [0, 0.1) is 5.92 Å². The van der Waals surface area contributed by atoms with Crippen LogP contribution in [0.25, 0.3) is 10.9 Å². The van der Waals surface area contributed by atoms with Gasteiger partial charge in [-0.15, -0.1) is 0 Å². The molecular weight excluding hydrogens is 330 g/mol. The van der Waals surface area contributed by atoms with Crippen molar-refractivity contribution >= 4 is 26.8 Å². The van der Waals surface area contributed by atoms with Crippen molar-refractivity contribution in [3.05, 3.63) is 36.0 Å². The van der Waals surface area contributed by atoms with Gasteiger partial charge in [0.05, 0.1) is 36.1 Å². The van der Waals surface area contributed by atoms with Crippen molar-refractivity contribution in [1.29, 1.82) is 0 Å². The Morgan fingerprint density at radius 2 is 2.12 bits per heavy atom. The molecule has 24 heavy (non-hydrogen) atoms. The number of aromatic nitrogens is 1. The Kier molecular flexibility index (Phi) is 4.62. The van der Waals surface area contributed by atoms with Gasteiger partial charge in [0.2, 0.25) is 10.0 Å². The average Bonchev–Trinajstić information content (AvgIpc) is 3.15. The summed E-state index contributed by atoms with van der Waals surface area (Å²) in [7, 11) is -0.336. The Morgan fingerprint density at radius 3 is 2.88 bits per heavy atom. The molecule has 1 saturated heterocycles. The summed E-state index contributed by atoms with van der Waals surface area (Å²) >= 11 is 0. The van der Waals surface area contributed by atoms with Crippen LogP contribution in [-0.2, 0) is 14.8 Å². The first-order valence-electron chi connectivity index (χ1n) is 7.73. The molecule has 1 aromatic carbocycles. The Hall–Kier alpha value is -1.90. The molecule has 2 N–H and O–H groups in total. The van der Waals surface area contributed by atoms with Crippen molar-refractivity contribution < 1.29 is 17.9 Å². The number of amides is 1. The van der Waals surface area contributed by atoms with E-state index in [2.05, 4.69) is 10.3 Å². The fourth-order valence-electron chi connectivity index (χ4n) is 2.86. The smallest absolute Gasteiger partial charge is 0.253 e. The molecule has 2 heterocycles. The number of hydrogen-bond acceptors (Lipinski definition) is 4. The van der Waals surface area contributed by atoms with E-state index in [0.29, 0.717) is 18.8 Å². The van der Waals surface area contributed by atoms with Gasteiger partial charge >= 0.3 is 0 Å². The normalized spacial score (nSPS) is 21.5. The highest BCUT2D eigenvalue weighted by atomic mass is 32.2. The standard InChI is InChI=1S/C16H21N3O4S/c1-19(2)24(21,22)10-12-8-23-9-14(12)18-16(20)13-5-3-4-11-6-7-17-15(11)13/h3-7,12,14,17H,8-10H2,1-2H3,(H,18,20)/t12-,14+/m0/s1. The van der Waals surface area contributed by atoms with Gasteiger partial charge in [0.15, 0.2) is 0 Å². The Balaban J connectivity index is 1.75. The molecule has 2 atom stereocenters. The van der Waals surface area contributed by atoms with E-state index < -0.39 is 10.0 Å². The first kappa shape index (κ1) is 16.9. The molecule has 0 aliphatic carbocycles. The zero-order valence-electron chi connectivity index (χ0n) is 13.7. The van der Waals surface area contributed by atoms with Crippen LogP contribution in [-0.4, -0.2) is 62.7 Å². The van der Waals surface area contributed by atoms with Gasteiger partial charge in [-0.25, -0.2) is 12.7 Å². The summed E-state index contributed by atoms with van der Waals surface area (Å²) < 4.78 is 30.8. The van der Waals surface area contributed by atoms with Crippen LogP contribution in [0.3, 0.4) is 0 Å². The van der Waals surface area contributed by atoms with Crippen LogP contribution < -0.4 is 5.32 Å². The summed E-state index contributed by atoms with van der Waals surface area (Å²) in [5.74, 6) is -0.535. The number of sulfonamides is 1. The number of fused-ring (bicyclic) bond motifs is 1. The molecule has 1 aliphatic heterocycles. The van der Waals surface area contributed by atoms with E-state index in [9.17, 15) is 13.2 Å². The van der Waals surface area contributed by atoms with Gasteiger partial charge in [0, 0.05) is 31.6 Å². The third-order valence-electron chi connectivity index (χ3n) is 4.33. The van der Waals surface area contributed by atoms with Crippen molar-refractivity contribution in [2.24, 2.45) is 5.92 Å². The van der Waals surface area contributed by atoms with E-state index in [0.717, 1.165) is 10.9 Å². The molecule has 130 valence electrons. The zero-order valence-corrected chi connectivity index (χ0v) is 14.5. The van der Waals surface area contributed by atoms with Gasteiger partial charge in [-0.3, -0.25) is 4.79 Å². The topological polar surface area (TPSA) is 91.5 Å². The predicted octanol–water partition coefficient (Wildman–Crippen LogP) is 0.804. The number of carbonyl (C=O) groups excluding carboxylic acids is 1. The summed E-state index contributed by atoms with van der Waals surface area (Å²) in [6.45, 7) is 0.644. The van der Waals surface area contributed by atoms with E-state index in [1.165, 1.54) is 18.4 Å². The lowest BCUT2D eigenvalue weighted by molar-refractivity contribution is 0.0927. The minimum atomic E-state index is -3.34. The van der Waals surface area contributed by atoms with E-state index >= 15 is 0 Å². The number of H-pyrrole nitrogens is 1. The van der Waals surface area contributed by atoms with Crippen LogP contribution in [0.5, 0.6) is 0 Å². The molecule has 8 heteroatoms. The molecule has 1 aromatic heterocycles. The fraction of sp³-hybridized carbons (Fsp3) is 0.438. The maximum absolute atomic E-state index is 12.6. The second-order valence-corrected chi connectivity index (χ2v) is 8.41. The zero-order chi connectivity index (χ0) is 17.3. The maximum atomic E-state index is 12.6. The minimum Gasteiger partial charge on any atom is -0.379 e. The lowest BCUT2D eigenvalue weighted by Crippen LogP contribution is -2.43. The Morgan fingerprint density at radius 1 is 1.33 bits per heavy atom. The van der Waals surface area contributed by atoms with Crippen LogP contribution in [0.15, 0.2) is 30.5 Å². The van der Waals surface area contributed by atoms with Crippen molar-refractivity contribution in [3.8, 4) is 0 Å². The van der Waals surface area contributed by atoms with Crippen LogP contribution in [0.4, 0.5) is 0 Å². The first-order valence-corrected chi connectivity index (χ1v) is 9.34. The third kappa shape index (κ3) is 3.31. The number of rotatable bonds is 5. The number of hydrogen-bond donors (Lipinski definition) is 2. The molecule has 1 fully saturated rings. The van der Waals surface area contributed by atoms with Gasteiger partial charge in [-0.2, -0.15) is 0 Å². The van der Waals surface area contributed by atoms with E-state index in [4.69, 9.17) is 4.74 Å². The molecule has 0 unspecified atom stereocenters. The van der Waals surface area contributed by atoms with Gasteiger partial charge in [-0.1, -0.05) is 12.1 Å². The lowest BCUT2D eigenvalue weighted by atomic mass is 10.0. The van der Waals surface area contributed by atoms with Crippen molar-refractivity contribution in [3.63, 3.8) is 0 Å². The maximum Gasteiger partial charge on any atom is 0.253 e. The quantitative estimate of drug-likeness (QED) is 0.834. The predicted molar refractivity (Wildman–Crippen MR) is 91.3 cm³/mol. The molecule has 3 rings (SSSR count). The summed E-state index contributed by atoms with van der Waals surface area (Å²) in [5, 5.41) is 3.88. The van der Waals surface area contributed by atoms with Gasteiger partial charge in [-0.05, 0) is 12.1 Å². The molecular formula is C16H21N3O4S. The molecule has 0 spiro atoms. The number of benzene rings is 1. The molecule has 0 saturated carbocycles. The lowest BCUT2D eigenvalue weighted by Gasteiger charge is -2.21. The van der Waals surface area contributed by atoms with Crippen molar-refractivity contribution in [2.75, 3.05) is 33.1 Å². The highest BCUT2D eigenvalue weighted by Crippen LogP contribution is 2.20. The highest BCUT2D eigenvalue weighted by Gasteiger charge is 2.34. The van der Waals surface area contributed by atoms with Crippen LogP contribution in [0.1, 0.15) is 10.4 Å². The average molecular weight is 351 g/mol. The van der Waals surface area contributed by atoms with Gasteiger partial charge in [0.25, 0.3) is 5.91 Å². The number of nitrogens with one attached hydrogen (secondary N) is 2. The SMILES string of the molecule is CN(C)S(=O)(=O)C[C@@H]1COC[C@H]1NC(=O)c1cccc2cc[nH]c12. The molecule has 7 nitrogen and oxygen atoms in total. The van der Waals surface area contributed by atoms with E-state index in [1.54, 1.807) is 12.3 Å². The second kappa shape index (κ2) is 6.54. The largest absolute Gasteiger partial charge is 0.379 e. The van der Waals surface area contributed by atoms with E-state index in [-0.39, 0.29) is 23.6 Å². The minimum absolute atomic E-state index is 0.0440. The highest BCUT2D eigenvalue weighted by molar-refractivity contribution is 7.89. The third-order valence-corrected chi connectivity index (χ3v) is 6.29. The molecule has 1 amide bonds. The number of ether oxygens (including phenoxy) is 1. The van der Waals surface area contributed by atoms with Gasteiger partial charge in [0.1, 0.15) is 0 Å². The Labute approximate surface area is 141 Å². The first-order chi connectivity index (χ1) is 11.4. The van der Waals surface area contributed by atoms with Crippen molar-refractivity contribution in [2.45, 2.75) is 6.04 Å².